The van der Waals surface area contributed by atoms with Crippen LogP contribution in [0.2, 0.25) is 0 Å². The molecule has 5 nitrogen and oxygen atoms in total. The van der Waals surface area contributed by atoms with Crippen LogP contribution in [0.3, 0.4) is 0 Å². The molecule has 25 heavy (non-hydrogen) atoms. The van der Waals surface area contributed by atoms with Crippen LogP contribution in [0, 0.1) is 9.39 Å². The van der Waals surface area contributed by atoms with Gasteiger partial charge in [0.25, 0.3) is 5.91 Å². The maximum atomic E-state index is 14.2. The summed E-state index contributed by atoms with van der Waals surface area (Å²) in [6.45, 7) is 7.77. The quantitative estimate of drug-likeness (QED) is 0.645. The molecule has 0 radical (unpaired) electrons. The normalized spacial score (nSPS) is 10.4. The number of rotatable bonds is 6. The Balaban J connectivity index is 2.64. The highest BCUT2D eigenvalue weighted by atomic mass is 127. The van der Waals surface area contributed by atoms with E-state index in [1.54, 1.807) is 26.2 Å². The minimum atomic E-state index is -0.439. The van der Waals surface area contributed by atoms with Crippen LogP contribution < -0.4 is 11.1 Å². The van der Waals surface area contributed by atoms with Crippen molar-refractivity contribution >= 4 is 51.5 Å². The molecule has 1 amide bonds. The van der Waals surface area contributed by atoms with Crippen molar-refractivity contribution in [2.75, 3.05) is 26.0 Å². The first-order chi connectivity index (χ1) is 11.8. The number of furan rings is 1. The third kappa shape index (κ3) is 3.93. The van der Waals surface area contributed by atoms with E-state index >= 15 is 0 Å². The maximum Gasteiger partial charge on any atom is 0.291 e. The summed E-state index contributed by atoms with van der Waals surface area (Å²) in [7, 11) is 3.20. The average Bonchev–Trinajstić information content (AvgIpc) is 2.94. The lowest BCUT2D eigenvalue weighted by Gasteiger charge is -2.12. The van der Waals surface area contributed by atoms with E-state index in [0.29, 0.717) is 22.6 Å². The molecule has 0 bridgehead atoms. The second-order valence-corrected chi connectivity index (χ2v) is 6.76. The van der Waals surface area contributed by atoms with Gasteiger partial charge in [-0.05, 0) is 40.8 Å². The topological polar surface area (TPSA) is 71.5 Å². The molecule has 0 aliphatic carbocycles. The van der Waals surface area contributed by atoms with Gasteiger partial charge in [-0.2, -0.15) is 0 Å². The second-order valence-electron chi connectivity index (χ2n) is 5.51. The molecular weight excluding hydrogens is 436 g/mol. The molecule has 0 spiro atoms. The Hall–Kier alpha value is -2.13. The Morgan fingerprint density at radius 3 is 2.64 bits per heavy atom. The zero-order chi connectivity index (χ0) is 18.7. The molecule has 2 aromatic rings. The molecule has 0 aliphatic rings. The van der Waals surface area contributed by atoms with E-state index < -0.39 is 5.82 Å². The molecule has 1 aromatic carbocycles. The van der Waals surface area contributed by atoms with Crippen LogP contribution in [0.5, 0.6) is 0 Å². The highest BCUT2D eigenvalue weighted by Crippen LogP contribution is 2.36. The van der Waals surface area contributed by atoms with Crippen molar-refractivity contribution in [2.45, 2.75) is 0 Å². The first kappa shape index (κ1) is 19.2. The van der Waals surface area contributed by atoms with Gasteiger partial charge in [0.15, 0.2) is 0 Å². The molecule has 1 aromatic heterocycles. The lowest BCUT2D eigenvalue weighted by Crippen LogP contribution is -2.22. The summed E-state index contributed by atoms with van der Waals surface area (Å²) in [5.74, 6) is -0.406. The van der Waals surface area contributed by atoms with Crippen LogP contribution in [0.1, 0.15) is 21.9 Å². The summed E-state index contributed by atoms with van der Waals surface area (Å²) < 4.78 is 20.7. The molecule has 132 valence electrons. The van der Waals surface area contributed by atoms with Crippen molar-refractivity contribution in [1.29, 1.82) is 0 Å². The fourth-order valence-corrected chi connectivity index (χ4v) is 2.65. The van der Waals surface area contributed by atoms with Crippen LogP contribution >= 0.6 is 22.6 Å². The average molecular weight is 455 g/mol. The molecule has 0 saturated heterocycles. The van der Waals surface area contributed by atoms with Crippen LogP contribution in [0.4, 0.5) is 15.8 Å². The molecule has 0 fully saturated rings. The Morgan fingerprint density at radius 1 is 1.44 bits per heavy atom. The number of hydrogen-bond donors (Lipinski definition) is 2. The lowest BCUT2D eigenvalue weighted by atomic mass is 10.1. The minimum absolute atomic E-state index is 0.0439. The second kappa shape index (κ2) is 7.83. The van der Waals surface area contributed by atoms with E-state index in [1.807, 2.05) is 22.6 Å². The van der Waals surface area contributed by atoms with Gasteiger partial charge in [0.1, 0.15) is 11.6 Å². The number of carbonyl (C=O) groups excluding carboxylic acids is 1. The van der Waals surface area contributed by atoms with Gasteiger partial charge < -0.3 is 20.4 Å². The fraction of sp³-hybridized carbons (Fsp3) is 0.167. The summed E-state index contributed by atoms with van der Waals surface area (Å²) in [5, 5.41) is 2.95. The van der Waals surface area contributed by atoms with E-state index in [-0.39, 0.29) is 23.9 Å². The molecule has 0 aliphatic heterocycles. The number of anilines is 2. The molecule has 0 atom stereocenters. The molecule has 3 N–H and O–H groups in total. The number of nitrogens with one attached hydrogen (secondary N) is 1. The van der Waals surface area contributed by atoms with E-state index in [9.17, 15) is 9.18 Å². The number of nitrogens with two attached hydrogens (primary N) is 1. The first-order valence-electron chi connectivity index (χ1n) is 7.41. The van der Waals surface area contributed by atoms with Crippen molar-refractivity contribution in [3.05, 3.63) is 57.8 Å². The van der Waals surface area contributed by atoms with Gasteiger partial charge in [0, 0.05) is 35.3 Å². The standard InChI is InChI=1S/C18H19FIN3O2/c1-5-12-15(22-14-7-6-11(20)8-13(14)19)17(18(24)23(3)4)25-16(12)10(2)9-21/h5-8,22H,1-2,9,21H2,3-4H3. The Bertz CT molecular complexity index is 843. The van der Waals surface area contributed by atoms with Gasteiger partial charge in [-0.3, -0.25) is 4.79 Å². The van der Waals surface area contributed by atoms with Gasteiger partial charge in [-0.25, -0.2) is 4.39 Å². The zero-order valence-corrected chi connectivity index (χ0v) is 16.2. The van der Waals surface area contributed by atoms with Gasteiger partial charge >= 0.3 is 0 Å². The van der Waals surface area contributed by atoms with Crippen molar-refractivity contribution in [3.8, 4) is 0 Å². The summed E-state index contributed by atoms with van der Waals surface area (Å²) in [6, 6.07) is 4.74. The third-order valence-corrected chi connectivity index (χ3v) is 4.18. The van der Waals surface area contributed by atoms with Gasteiger partial charge in [-0.15, -0.1) is 0 Å². The van der Waals surface area contributed by atoms with Crippen molar-refractivity contribution in [3.63, 3.8) is 0 Å². The largest absolute Gasteiger partial charge is 0.448 e. The van der Waals surface area contributed by atoms with E-state index in [4.69, 9.17) is 10.2 Å². The first-order valence-corrected chi connectivity index (χ1v) is 8.49. The van der Waals surface area contributed by atoms with Crippen molar-refractivity contribution in [2.24, 2.45) is 5.73 Å². The van der Waals surface area contributed by atoms with Gasteiger partial charge in [-0.1, -0.05) is 19.2 Å². The fourth-order valence-electron chi connectivity index (χ4n) is 2.20. The maximum absolute atomic E-state index is 14.2. The number of halogens is 2. The summed E-state index contributed by atoms with van der Waals surface area (Å²) in [5.41, 5.74) is 7.23. The Kier molecular flexibility index (Phi) is 6.02. The molecule has 0 unspecified atom stereocenters. The zero-order valence-electron chi connectivity index (χ0n) is 14.0. The number of amides is 1. The molecule has 2 rings (SSSR count). The molecule has 0 saturated carbocycles. The number of benzene rings is 1. The number of hydrogen-bond acceptors (Lipinski definition) is 4. The predicted molar refractivity (Wildman–Crippen MR) is 107 cm³/mol. The van der Waals surface area contributed by atoms with E-state index in [2.05, 4.69) is 18.5 Å². The number of nitrogens with zero attached hydrogens (tertiary/aromatic N) is 1. The molecule has 1 heterocycles. The van der Waals surface area contributed by atoms with Crippen molar-refractivity contribution < 1.29 is 13.6 Å². The summed E-state index contributed by atoms with van der Waals surface area (Å²) in [6.07, 6.45) is 1.53. The summed E-state index contributed by atoms with van der Waals surface area (Å²) >= 11 is 2.02. The molecular formula is C18H19FIN3O2. The minimum Gasteiger partial charge on any atom is -0.448 e. The van der Waals surface area contributed by atoms with Gasteiger partial charge in [0.05, 0.1) is 11.4 Å². The third-order valence-electron chi connectivity index (χ3n) is 3.51. The lowest BCUT2D eigenvalue weighted by molar-refractivity contribution is 0.0797. The van der Waals surface area contributed by atoms with Crippen molar-refractivity contribution in [1.82, 2.24) is 4.90 Å². The van der Waals surface area contributed by atoms with E-state index in [1.165, 1.54) is 17.0 Å². The highest BCUT2D eigenvalue weighted by Gasteiger charge is 2.26. The van der Waals surface area contributed by atoms with Crippen LogP contribution in [-0.2, 0) is 0 Å². The van der Waals surface area contributed by atoms with Crippen LogP contribution in [0.25, 0.3) is 11.6 Å². The monoisotopic (exact) mass is 455 g/mol. The molecule has 7 heteroatoms. The van der Waals surface area contributed by atoms with Crippen LogP contribution in [-0.4, -0.2) is 31.4 Å². The predicted octanol–water partition coefficient (Wildman–Crippen LogP) is 4.08. The van der Waals surface area contributed by atoms with E-state index in [0.717, 1.165) is 3.57 Å². The Labute approximate surface area is 159 Å². The van der Waals surface area contributed by atoms with Gasteiger partial charge in [0.2, 0.25) is 5.76 Å². The smallest absolute Gasteiger partial charge is 0.291 e. The Morgan fingerprint density at radius 2 is 2.12 bits per heavy atom. The highest BCUT2D eigenvalue weighted by molar-refractivity contribution is 14.1. The number of carbonyl (C=O) groups is 1. The SMILES string of the molecule is C=Cc1c(C(=C)CN)oc(C(=O)N(C)C)c1Nc1ccc(I)cc1F. The summed E-state index contributed by atoms with van der Waals surface area (Å²) in [4.78, 5) is 13.9. The van der Waals surface area contributed by atoms with Crippen LogP contribution in [0.15, 0.2) is 35.8 Å².